The van der Waals surface area contributed by atoms with E-state index in [1.54, 1.807) is 6.07 Å². The summed E-state index contributed by atoms with van der Waals surface area (Å²) >= 11 is 1.96. The first kappa shape index (κ1) is 28.3. The third kappa shape index (κ3) is 5.98. The van der Waals surface area contributed by atoms with Gasteiger partial charge in [-0.05, 0) is 65.8 Å². The van der Waals surface area contributed by atoms with Gasteiger partial charge in [0.25, 0.3) is 5.56 Å². The van der Waals surface area contributed by atoms with Crippen LogP contribution in [0.4, 0.5) is 20.2 Å². The number of fused-ring (bicyclic) bond motifs is 1. The molecular formula is C24H30F2IN3O5Si. The summed E-state index contributed by atoms with van der Waals surface area (Å²) in [5.41, 5.74) is 1.20. The third-order valence-corrected chi connectivity index (χ3v) is 11.5. The van der Waals surface area contributed by atoms with Gasteiger partial charge in [0, 0.05) is 16.7 Å². The summed E-state index contributed by atoms with van der Waals surface area (Å²) in [4.78, 5) is 30.6. The van der Waals surface area contributed by atoms with Gasteiger partial charge in [0.05, 0.1) is 18.4 Å². The van der Waals surface area contributed by atoms with Crippen molar-refractivity contribution >= 4 is 59.3 Å². The highest BCUT2D eigenvalue weighted by atomic mass is 127. The normalized spacial score (nSPS) is 13.2. The monoisotopic (exact) mass is 633 g/mol. The summed E-state index contributed by atoms with van der Waals surface area (Å²) in [5, 5.41) is 2.78. The molecule has 1 aromatic carbocycles. The number of anilines is 2. The quantitative estimate of drug-likeness (QED) is 0.184. The maximum Gasteiger partial charge on any atom is 0.312 e. The first-order chi connectivity index (χ1) is 16.6. The van der Waals surface area contributed by atoms with Gasteiger partial charge in [0.1, 0.15) is 17.0 Å². The summed E-state index contributed by atoms with van der Waals surface area (Å²) < 4.78 is 42.6. The van der Waals surface area contributed by atoms with Gasteiger partial charge in [-0.1, -0.05) is 20.8 Å². The maximum absolute atomic E-state index is 14.6. The molecule has 0 spiro atoms. The van der Waals surface area contributed by atoms with E-state index in [1.165, 1.54) is 19.2 Å². The number of furan rings is 1. The SMILES string of the molecule is C[C@@H](CONC(=O)c1oc2c(F)cc(=O)n(C)c2c1Nc1ccc(I)cc1F)O[Si](C)(C)C(C)(C)C. The second-order valence-electron chi connectivity index (χ2n) is 10.1. The van der Waals surface area contributed by atoms with Crippen LogP contribution in [0.25, 0.3) is 11.1 Å². The predicted octanol–water partition coefficient (Wildman–Crippen LogP) is 5.83. The molecule has 196 valence electrons. The summed E-state index contributed by atoms with van der Waals surface area (Å²) in [6.07, 6.45) is -0.307. The molecule has 8 nitrogen and oxygen atoms in total. The van der Waals surface area contributed by atoms with Crippen LogP contribution in [-0.2, 0) is 16.3 Å². The molecule has 0 bridgehead atoms. The van der Waals surface area contributed by atoms with E-state index in [1.807, 2.05) is 29.5 Å². The number of halogens is 3. The largest absolute Gasteiger partial charge is 0.444 e. The number of nitrogens with zero attached hydrogens (tertiary/aromatic N) is 1. The number of hydrogen-bond acceptors (Lipinski definition) is 6. The molecule has 0 aliphatic rings. The number of pyridine rings is 1. The number of carbonyl (C=O) groups is 1. The van der Waals surface area contributed by atoms with E-state index in [-0.39, 0.29) is 46.0 Å². The Kier molecular flexibility index (Phi) is 8.32. The van der Waals surface area contributed by atoms with Crippen LogP contribution in [0.3, 0.4) is 0 Å². The highest BCUT2D eigenvalue weighted by Gasteiger charge is 2.38. The number of nitrogens with one attached hydrogen (secondary N) is 2. The van der Waals surface area contributed by atoms with Crippen LogP contribution < -0.4 is 16.4 Å². The smallest absolute Gasteiger partial charge is 0.312 e. The van der Waals surface area contributed by atoms with Crippen molar-refractivity contribution in [2.45, 2.75) is 51.9 Å². The van der Waals surface area contributed by atoms with Gasteiger partial charge in [0.15, 0.2) is 19.7 Å². The van der Waals surface area contributed by atoms with E-state index in [4.69, 9.17) is 13.7 Å². The molecule has 1 amide bonds. The zero-order valence-corrected chi connectivity index (χ0v) is 24.4. The fraction of sp³-hybridized carbons (Fsp3) is 0.417. The van der Waals surface area contributed by atoms with Crippen LogP contribution in [-0.4, -0.2) is 31.5 Å². The highest BCUT2D eigenvalue weighted by molar-refractivity contribution is 14.1. The fourth-order valence-corrected chi connectivity index (χ4v) is 5.15. The first-order valence-electron chi connectivity index (χ1n) is 11.3. The lowest BCUT2D eigenvalue weighted by molar-refractivity contribution is -0.00463. The summed E-state index contributed by atoms with van der Waals surface area (Å²) in [6.45, 7) is 12.5. The summed E-state index contributed by atoms with van der Waals surface area (Å²) in [5.74, 6) is -2.76. The lowest BCUT2D eigenvalue weighted by atomic mass is 10.2. The fourth-order valence-electron chi connectivity index (χ4n) is 3.27. The van der Waals surface area contributed by atoms with E-state index in [0.717, 1.165) is 10.6 Å². The van der Waals surface area contributed by atoms with Crippen molar-refractivity contribution in [1.82, 2.24) is 10.0 Å². The molecule has 36 heavy (non-hydrogen) atoms. The van der Waals surface area contributed by atoms with Crippen molar-refractivity contribution in [1.29, 1.82) is 0 Å². The molecule has 0 saturated carbocycles. The number of aromatic nitrogens is 1. The Balaban J connectivity index is 1.89. The van der Waals surface area contributed by atoms with Crippen LogP contribution in [0.15, 0.2) is 33.5 Å². The molecule has 2 N–H and O–H groups in total. The second-order valence-corrected chi connectivity index (χ2v) is 16.1. The van der Waals surface area contributed by atoms with Crippen molar-refractivity contribution < 1.29 is 27.3 Å². The van der Waals surface area contributed by atoms with Crippen molar-refractivity contribution in [2.24, 2.45) is 7.05 Å². The van der Waals surface area contributed by atoms with Crippen molar-refractivity contribution in [2.75, 3.05) is 11.9 Å². The minimum atomic E-state index is -2.04. The van der Waals surface area contributed by atoms with Crippen LogP contribution in [0.2, 0.25) is 18.1 Å². The minimum Gasteiger partial charge on any atom is -0.444 e. The molecule has 0 aliphatic heterocycles. The van der Waals surface area contributed by atoms with Gasteiger partial charge in [-0.2, -0.15) is 0 Å². The molecule has 3 rings (SSSR count). The average Bonchev–Trinajstić information content (AvgIpc) is 3.13. The molecule has 3 aromatic rings. The Morgan fingerprint density at radius 1 is 1.22 bits per heavy atom. The number of benzene rings is 1. The zero-order valence-electron chi connectivity index (χ0n) is 21.2. The van der Waals surface area contributed by atoms with Crippen LogP contribution in [0.1, 0.15) is 38.2 Å². The van der Waals surface area contributed by atoms with E-state index in [9.17, 15) is 18.4 Å². The van der Waals surface area contributed by atoms with Crippen molar-refractivity contribution in [3.63, 3.8) is 0 Å². The topological polar surface area (TPSA) is 94.7 Å². The maximum atomic E-state index is 14.6. The summed E-state index contributed by atoms with van der Waals surface area (Å²) in [7, 11) is -0.646. The molecule has 0 aliphatic carbocycles. The van der Waals surface area contributed by atoms with Gasteiger partial charge in [0.2, 0.25) is 5.76 Å². The molecule has 1 atom stereocenters. The molecule has 2 heterocycles. The Labute approximate surface area is 222 Å². The first-order valence-corrected chi connectivity index (χ1v) is 15.2. The Hall–Kier alpha value is -2.29. The lowest BCUT2D eigenvalue weighted by Gasteiger charge is -2.38. The molecule has 2 aromatic heterocycles. The van der Waals surface area contributed by atoms with Crippen molar-refractivity contribution in [3.05, 3.63) is 55.6 Å². The van der Waals surface area contributed by atoms with E-state index < -0.39 is 31.4 Å². The summed E-state index contributed by atoms with van der Waals surface area (Å²) in [6, 6.07) is 5.16. The molecule has 0 fully saturated rings. The van der Waals surface area contributed by atoms with Gasteiger partial charge in [-0.3, -0.25) is 14.4 Å². The molecule has 0 saturated heterocycles. The Morgan fingerprint density at radius 2 is 1.89 bits per heavy atom. The number of carbonyl (C=O) groups excluding carboxylic acids is 1. The molecule has 0 radical (unpaired) electrons. The van der Waals surface area contributed by atoms with Crippen LogP contribution >= 0.6 is 22.6 Å². The standard InChI is InChI=1S/C24H30F2IN3O5Si/c1-13(35-36(6,7)24(2,3)4)12-33-29-23(32)22-19(28-17-9-8-14(27)10-15(17)25)20-21(34-22)16(26)11-18(31)30(20)5/h8-11,13,28H,12H2,1-7H3,(H,29,32)/t13-/m0/s1. The lowest BCUT2D eigenvalue weighted by Crippen LogP contribution is -2.44. The van der Waals surface area contributed by atoms with Gasteiger partial charge < -0.3 is 18.7 Å². The van der Waals surface area contributed by atoms with E-state index in [0.29, 0.717) is 3.57 Å². The number of hydrogen-bond donors (Lipinski definition) is 2. The van der Waals surface area contributed by atoms with Gasteiger partial charge in [-0.15, -0.1) is 0 Å². The molecular weight excluding hydrogens is 603 g/mol. The number of hydroxylamine groups is 1. The Bertz CT molecular complexity index is 1350. The molecule has 0 unspecified atom stereocenters. The van der Waals surface area contributed by atoms with Crippen molar-refractivity contribution in [3.8, 4) is 0 Å². The number of amides is 1. The van der Waals surface area contributed by atoms with Gasteiger partial charge in [-0.25, -0.2) is 14.3 Å². The van der Waals surface area contributed by atoms with E-state index in [2.05, 4.69) is 44.7 Å². The number of aryl methyl sites for hydroxylation is 1. The highest BCUT2D eigenvalue weighted by Crippen LogP contribution is 2.37. The minimum absolute atomic E-state index is 0.00412. The zero-order chi connectivity index (χ0) is 27.0. The van der Waals surface area contributed by atoms with E-state index >= 15 is 0 Å². The second kappa shape index (κ2) is 10.6. The molecule has 12 heteroatoms. The van der Waals surface area contributed by atoms with Crippen LogP contribution in [0, 0.1) is 15.2 Å². The predicted molar refractivity (Wildman–Crippen MR) is 145 cm³/mol. The number of rotatable bonds is 8. The van der Waals surface area contributed by atoms with Crippen LogP contribution in [0.5, 0.6) is 0 Å². The Morgan fingerprint density at radius 3 is 2.50 bits per heavy atom. The average molecular weight is 634 g/mol. The third-order valence-electron chi connectivity index (χ3n) is 6.20. The van der Waals surface area contributed by atoms with Gasteiger partial charge >= 0.3 is 5.91 Å².